The lowest BCUT2D eigenvalue weighted by Gasteiger charge is -2.56. The van der Waals surface area contributed by atoms with Crippen molar-refractivity contribution in [3.05, 3.63) is 57.6 Å². The van der Waals surface area contributed by atoms with E-state index in [0.717, 1.165) is 58.8 Å². The number of nitrogens with two attached hydrogens (primary N) is 1. The van der Waals surface area contributed by atoms with Crippen LogP contribution in [0.1, 0.15) is 72.2 Å². The first kappa shape index (κ1) is 21.7. The van der Waals surface area contributed by atoms with Crippen molar-refractivity contribution in [1.82, 2.24) is 5.32 Å². The molecule has 4 N–H and O–H groups in total. The van der Waals surface area contributed by atoms with Gasteiger partial charge < -0.3 is 21.1 Å². The summed E-state index contributed by atoms with van der Waals surface area (Å²) in [6, 6.07) is 9.82. The molecular weight excluding hydrogens is 446 g/mol. The maximum atomic E-state index is 13.7. The Balaban J connectivity index is 1.37. The van der Waals surface area contributed by atoms with Crippen molar-refractivity contribution in [2.24, 2.45) is 17.8 Å². The van der Waals surface area contributed by atoms with E-state index in [9.17, 15) is 9.59 Å². The van der Waals surface area contributed by atoms with E-state index in [1.54, 1.807) is 0 Å². The third-order valence-electron chi connectivity index (χ3n) is 8.43. The second-order valence-electron chi connectivity index (χ2n) is 10.7. The predicted molar refractivity (Wildman–Crippen MR) is 134 cm³/mol. The summed E-state index contributed by atoms with van der Waals surface area (Å²) in [6.45, 7) is 1.87. The molecule has 34 heavy (non-hydrogen) atoms. The maximum Gasteiger partial charge on any atom is 0.336 e. The standard InChI is InChI=1S/C27H31N3O3S/c1-14-19(26(32)33-2)20(18-6-4-3-5-7-18)21-22(28)23(34-25(21)29-14)24(31)30-27-11-15-8-16(12-27)10-17(9-15)13-27/h3-7,15-17,20,29H,8-13,28H2,1-2H3,(H,30,31). The monoisotopic (exact) mass is 477 g/mol. The summed E-state index contributed by atoms with van der Waals surface area (Å²) in [5.41, 5.74) is 10.1. The molecule has 7 rings (SSSR count). The molecule has 2 heterocycles. The van der Waals surface area contributed by atoms with Gasteiger partial charge in [-0.05, 0) is 68.8 Å². The van der Waals surface area contributed by atoms with Gasteiger partial charge in [-0.1, -0.05) is 30.3 Å². The summed E-state index contributed by atoms with van der Waals surface area (Å²) < 4.78 is 5.13. The minimum atomic E-state index is -0.394. The van der Waals surface area contributed by atoms with Crippen LogP contribution < -0.4 is 16.4 Å². The average Bonchev–Trinajstić information content (AvgIpc) is 3.13. The lowest BCUT2D eigenvalue weighted by Crippen LogP contribution is -2.59. The fourth-order valence-electron chi connectivity index (χ4n) is 7.52. The van der Waals surface area contributed by atoms with Gasteiger partial charge in [0.1, 0.15) is 4.88 Å². The number of ether oxygens (including phenoxy) is 1. The van der Waals surface area contributed by atoms with Gasteiger partial charge in [-0.2, -0.15) is 0 Å². The fraction of sp³-hybridized carbons (Fsp3) is 0.481. The molecule has 4 aliphatic carbocycles. The van der Waals surface area contributed by atoms with E-state index >= 15 is 0 Å². The molecule has 4 bridgehead atoms. The first-order chi connectivity index (χ1) is 16.4. The molecular formula is C27H31N3O3S. The van der Waals surface area contributed by atoms with Crippen molar-refractivity contribution in [3.8, 4) is 0 Å². The Morgan fingerprint density at radius 2 is 1.71 bits per heavy atom. The number of nitrogens with one attached hydrogen (secondary N) is 2. The number of hydrogen-bond donors (Lipinski definition) is 3. The Morgan fingerprint density at radius 3 is 2.29 bits per heavy atom. The van der Waals surface area contributed by atoms with Gasteiger partial charge in [0.15, 0.2) is 0 Å². The highest BCUT2D eigenvalue weighted by Crippen LogP contribution is 2.56. The molecule has 0 radical (unpaired) electrons. The summed E-state index contributed by atoms with van der Waals surface area (Å²) >= 11 is 1.39. The fourth-order valence-corrected chi connectivity index (χ4v) is 8.63. The number of anilines is 2. The van der Waals surface area contributed by atoms with Crippen LogP contribution in [0.15, 0.2) is 41.6 Å². The first-order valence-electron chi connectivity index (χ1n) is 12.2. The predicted octanol–water partition coefficient (Wildman–Crippen LogP) is 5.03. The number of carbonyl (C=O) groups is 2. The molecule has 178 valence electrons. The molecule has 2 aromatic rings. The normalized spacial score (nSPS) is 31.1. The van der Waals surface area contributed by atoms with E-state index in [0.29, 0.717) is 16.1 Å². The van der Waals surface area contributed by atoms with Crippen LogP contribution in [0.2, 0.25) is 0 Å². The zero-order chi connectivity index (χ0) is 23.6. The Kier molecular flexibility index (Phi) is 5.03. The lowest BCUT2D eigenvalue weighted by molar-refractivity contribution is -0.136. The van der Waals surface area contributed by atoms with Crippen LogP contribution in [0, 0.1) is 17.8 Å². The number of amides is 1. The van der Waals surface area contributed by atoms with Crippen LogP contribution >= 0.6 is 11.3 Å². The van der Waals surface area contributed by atoms with E-state index < -0.39 is 5.97 Å². The Bertz CT molecular complexity index is 1160. The number of rotatable bonds is 4. The van der Waals surface area contributed by atoms with Gasteiger partial charge in [0.25, 0.3) is 5.91 Å². The smallest absolute Gasteiger partial charge is 0.336 e. The van der Waals surface area contributed by atoms with Crippen LogP contribution in [0.5, 0.6) is 0 Å². The van der Waals surface area contributed by atoms with Gasteiger partial charge in [-0.3, -0.25) is 4.79 Å². The minimum Gasteiger partial charge on any atom is -0.466 e. The zero-order valence-electron chi connectivity index (χ0n) is 19.6. The number of esters is 1. The first-order valence-corrected chi connectivity index (χ1v) is 13.0. The largest absolute Gasteiger partial charge is 0.466 e. The van der Waals surface area contributed by atoms with Gasteiger partial charge in [0, 0.05) is 22.7 Å². The van der Waals surface area contributed by atoms with Crippen LogP contribution in [0.25, 0.3) is 0 Å². The zero-order valence-corrected chi connectivity index (χ0v) is 20.5. The molecule has 4 saturated carbocycles. The minimum absolute atomic E-state index is 0.0790. The molecule has 1 aromatic heterocycles. The lowest BCUT2D eigenvalue weighted by atomic mass is 9.53. The molecule has 7 heteroatoms. The highest BCUT2D eigenvalue weighted by Gasteiger charge is 2.52. The maximum absolute atomic E-state index is 13.7. The van der Waals surface area contributed by atoms with E-state index in [1.165, 1.54) is 37.7 Å². The quantitative estimate of drug-likeness (QED) is 0.537. The number of allylic oxidation sites excluding steroid dienone is 1. The number of carbonyl (C=O) groups excluding carboxylic acids is 2. The third-order valence-corrected chi connectivity index (χ3v) is 9.56. The highest BCUT2D eigenvalue weighted by atomic mass is 32.1. The van der Waals surface area contributed by atoms with Gasteiger partial charge in [0.2, 0.25) is 0 Å². The van der Waals surface area contributed by atoms with Crippen LogP contribution in [0.3, 0.4) is 0 Å². The van der Waals surface area contributed by atoms with Crippen molar-refractivity contribution in [2.45, 2.75) is 56.9 Å². The molecule has 1 aromatic carbocycles. The Labute approximate surface area is 203 Å². The van der Waals surface area contributed by atoms with Crippen molar-refractivity contribution in [3.63, 3.8) is 0 Å². The summed E-state index contributed by atoms with van der Waals surface area (Å²) in [4.78, 5) is 27.0. The van der Waals surface area contributed by atoms with Crippen molar-refractivity contribution < 1.29 is 14.3 Å². The highest BCUT2D eigenvalue weighted by molar-refractivity contribution is 7.19. The number of benzene rings is 1. The number of hydrogen-bond acceptors (Lipinski definition) is 6. The number of thiophene rings is 1. The van der Waals surface area contributed by atoms with E-state index in [-0.39, 0.29) is 17.4 Å². The van der Waals surface area contributed by atoms with Gasteiger partial charge >= 0.3 is 5.97 Å². The number of nitrogen functional groups attached to an aromatic ring is 1. The van der Waals surface area contributed by atoms with Crippen LogP contribution in [-0.2, 0) is 9.53 Å². The second kappa shape index (κ2) is 7.87. The summed E-state index contributed by atoms with van der Waals surface area (Å²) in [5.74, 6) is 1.39. The molecule has 0 saturated heterocycles. The van der Waals surface area contributed by atoms with Crippen molar-refractivity contribution >= 4 is 33.9 Å². The van der Waals surface area contributed by atoms with E-state index in [4.69, 9.17) is 10.5 Å². The van der Waals surface area contributed by atoms with E-state index in [2.05, 4.69) is 10.6 Å². The molecule has 0 spiro atoms. The molecule has 4 fully saturated rings. The number of methoxy groups -OCH3 is 1. The van der Waals surface area contributed by atoms with Gasteiger partial charge in [-0.25, -0.2) is 4.79 Å². The Hall–Kier alpha value is -2.80. The second-order valence-corrected chi connectivity index (χ2v) is 11.8. The number of fused-ring (bicyclic) bond motifs is 1. The summed E-state index contributed by atoms with van der Waals surface area (Å²) in [6.07, 6.45) is 7.26. The topological polar surface area (TPSA) is 93.4 Å². The average molecular weight is 478 g/mol. The molecule has 1 unspecified atom stereocenters. The van der Waals surface area contributed by atoms with Crippen LogP contribution in [0.4, 0.5) is 10.7 Å². The summed E-state index contributed by atoms with van der Waals surface area (Å²) in [5, 5.41) is 7.62. The van der Waals surface area contributed by atoms with E-state index in [1.807, 2.05) is 37.3 Å². The molecule has 1 amide bonds. The summed E-state index contributed by atoms with van der Waals surface area (Å²) in [7, 11) is 1.39. The van der Waals surface area contributed by atoms with Crippen molar-refractivity contribution in [1.29, 1.82) is 0 Å². The van der Waals surface area contributed by atoms with Crippen molar-refractivity contribution in [2.75, 3.05) is 18.2 Å². The molecule has 1 atom stereocenters. The molecule has 6 nitrogen and oxygen atoms in total. The van der Waals surface area contributed by atoms with Gasteiger partial charge in [0.05, 0.1) is 23.4 Å². The van der Waals surface area contributed by atoms with Crippen LogP contribution in [-0.4, -0.2) is 24.5 Å². The molecule has 5 aliphatic rings. The molecule has 1 aliphatic heterocycles. The SMILES string of the molecule is COC(=O)C1=C(C)Nc2sc(C(=O)NC34CC5CC(CC(C5)C3)C4)c(N)c2C1c1ccccc1. The van der Waals surface area contributed by atoms with Gasteiger partial charge in [-0.15, -0.1) is 11.3 Å². The Morgan fingerprint density at radius 1 is 1.09 bits per heavy atom. The third kappa shape index (κ3) is 3.35.